The summed E-state index contributed by atoms with van der Waals surface area (Å²) in [7, 11) is 1.33. The molecule has 0 aromatic heterocycles. The van der Waals surface area contributed by atoms with Crippen LogP contribution in [0.2, 0.25) is 0 Å². The molecule has 0 amide bonds. The van der Waals surface area contributed by atoms with E-state index in [0.717, 1.165) is 6.07 Å². The smallest absolute Gasteiger partial charge is 0.273 e. The molecular formula is C11H17N3O4. The number of ether oxygens (including phenoxy) is 1. The van der Waals surface area contributed by atoms with Crippen LogP contribution in [0.4, 0.5) is 5.69 Å². The summed E-state index contributed by atoms with van der Waals surface area (Å²) in [4.78, 5) is 10.2. The minimum absolute atomic E-state index is 0.0439. The van der Waals surface area contributed by atoms with Crippen molar-refractivity contribution in [3.05, 3.63) is 27.8 Å². The predicted molar refractivity (Wildman–Crippen MR) is 66.5 cm³/mol. The first kappa shape index (κ1) is 14.2. The maximum absolute atomic E-state index is 10.8. The van der Waals surface area contributed by atoms with Crippen molar-refractivity contribution in [1.29, 1.82) is 0 Å². The molecule has 0 aliphatic rings. The van der Waals surface area contributed by atoms with Gasteiger partial charge in [0, 0.05) is 17.7 Å². The molecule has 1 rings (SSSR count). The molecule has 0 aliphatic carbocycles. The second-order valence-electron chi connectivity index (χ2n) is 3.88. The van der Waals surface area contributed by atoms with Crippen molar-refractivity contribution < 1.29 is 14.8 Å². The van der Waals surface area contributed by atoms with Gasteiger partial charge < -0.3 is 21.3 Å². The zero-order valence-corrected chi connectivity index (χ0v) is 10.1. The van der Waals surface area contributed by atoms with Gasteiger partial charge in [-0.25, -0.2) is 0 Å². The average molecular weight is 255 g/mol. The first-order valence-corrected chi connectivity index (χ1v) is 5.52. The highest BCUT2D eigenvalue weighted by atomic mass is 16.6. The molecule has 1 atom stereocenters. The van der Waals surface area contributed by atoms with Crippen LogP contribution in [0.1, 0.15) is 24.4 Å². The van der Waals surface area contributed by atoms with Gasteiger partial charge in [-0.1, -0.05) is 0 Å². The zero-order valence-electron chi connectivity index (χ0n) is 10.1. The molecule has 0 saturated carbocycles. The van der Waals surface area contributed by atoms with E-state index in [1.54, 1.807) is 0 Å². The molecule has 1 aromatic rings. The third-order valence-electron chi connectivity index (χ3n) is 2.64. The fraction of sp³-hybridized carbons (Fsp3) is 0.455. The van der Waals surface area contributed by atoms with Gasteiger partial charge >= 0.3 is 0 Å². The molecule has 5 N–H and O–H groups in total. The summed E-state index contributed by atoms with van der Waals surface area (Å²) >= 11 is 0. The second kappa shape index (κ2) is 6.18. The Bertz CT molecular complexity index is 437. The molecule has 7 nitrogen and oxygen atoms in total. The summed E-state index contributed by atoms with van der Waals surface area (Å²) in [5.74, 6) is -0.116. The zero-order chi connectivity index (χ0) is 13.7. The number of nitro benzene ring substituents is 1. The SMILES string of the molecule is COc1cc([N+](=O)[O-])cc([C@H](N)CCCN)c1O. The number of phenolic OH excluding ortho intramolecular Hbond substituents is 1. The Labute approximate surface area is 104 Å². The molecule has 0 unspecified atom stereocenters. The number of methoxy groups -OCH3 is 1. The Morgan fingerprint density at radius 2 is 2.22 bits per heavy atom. The van der Waals surface area contributed by atoms with E-state index in [0.29, 0.717) is 24.9 Å². The average Bonchev–Trinajstić information content (AvgIpc) is 2.35. The van der Waals surface area contributed by atoms with Crippen LogP contribution in [0, 0.1) is 10.1 Å². The van der Waals surface area contributed by atoms with Gasteiger partial charge in [0.25, 0.3) is 5.69 Å². The molecule has 0 bridgehead atoms. The van der Waals surface area contributed by atoms with Crippen molar-refractivity contribution in [3.63, 3.8) is 0 Å². The highest BCUT2D eigenvalue weighted by Gasteiger charge is 2.20. The minimum Gasteiger partial charge on any atom is -0.504 e. The van der Waals surface area contributed by atoms with E-state index in [1.165, 1.54) is 13.2 Å². The fourth-order valence-electron chi connectivity index (χ4n) is 1.65. The lowest BCUT2D eigenvalue weighted by Gasteiger charge is -2.15. The molecule has 0 aliphatic heterocycles. The summed E-state index contributed by atoms with van der Waals surface area (Å²) in [6, 6.07) is 1.91. The van der Waals surface area contributed by atoms with Crippen LogP contribution < -0.4 is 16.2 Å². The van der Waals surface area contributed by atoms with Crippen molar-refractivity contribution in [3.8, 4) is 11.5 Å². The Hall–Kier alpha value is -1.86. The van der Waals surface area contributed by atoms with Crippen LogP contribution in [0.3, 0.4) is 0 Å². The van der Waals surface area contributed by atoms with Crippen LogP contribution in [0.25, 0.3) is 0 Å². The quantitative estimate of drug-likeness (QED) is 0.515. The van der Waals surface area contributed by atoms with Gasteiger partial charge in [-0.3, -0.25) is 10.1 Å². The van der Waals surface area contributed by atoms with E-state index in [4.69, 9.17) is 16.2 Å². The largest absolute Gasteiger partial charge is 0.504 e. The van der Waals surface area contributed by atoms with Gasteiger partial charge in [-0.15, -0.1) is 0 Å². The molecule has 0 saturated heterocycles. The Morgan fingerprint density at radius 3 is 2.72 bits per heavy atom. The molecule has 18 heavy (non-hydrogen) atoms. The van der Waals surface area contributed by atoms with Crippen molar-refractivity contribution in [1.82, 2.24) is 0 Å². The Kier molecular flexibility index (Phi) is 4.87. The molecule has 100 valence electrons. The number of non-ortho nitro benzene ring substituents is 1. The molecule has 0 radical (unpaired) electrons. The van der Waals surface area contributed by atoms with Gasteiger partial charge in [-0.2, -0.15) is 0 Å². The van der Waals surface area contributed by atoms with Gasteiger partial charge in [-0.05, 0) is 19.4 Å². The topological polar surface area (TPSA) is 125 Å². The number of rotatable bonds is 6. The summed E-state index contributed by atoms with van der Waals surface area (Å²) in [5, 5.41) is 20.7. The summed E-state index contributed by atoms with van der Waals surface area (Å²) < 4.78 is 4.90. The van der Waals surface area contributed by atoms with E-state index in [1.807, 2.05) is 0 Å². The van der Waals surface area contributed by atoms with Crippen LogP contribution >= 0.6 is 0 Å². The van der Waals surface area contributed by atoms with Crippen LogP contribution in [0.15, 0.2) is 12.1 Å². The van der Waals surface area contributed by atoms with Gasteiger partial charge in [0.15, 0.2) is 11.5 Å². The molecule has 0 spiro atoms. The molecule has 0 heterocycles. The number of hydrogen-bond acceptors (Lipinski definition) is 6. The highest BCUT2D eigenvalue weighted by molar-refractivity contribution is 5.54. The molecular weight excluding hydrogens is 238 g/mol. The lowest BCUT2D eigenvalue weighted by Crippen LogP contribution is -2.13. The number of nitrogens with two attached hydrogens (primary N) is 2. The van der Waals surface area contributed by atoms with E-state index >= 15 is 0 Å². The fourth-order valence-corrected chi connectivity index (χ4v) is 1.65. The van der Waals surface area contributed by atoms with Crippen molar-refractivity contribution in [2.24, 2.45) is 11.5 Å². The van der Waals surface area contributed by atoms with Crippen LogP contribution in [-0.4, -0.2) is 23.7 Å². The normalized spacial score (nSPS) is 12.2. The van der Waals surface area contributed by atoms with E-state index in [2.05, 4.69) is 0 Å². The molecule has 0 fully saturated rings. The predicted octanol–water partition coefficient (Wildman–Crippen LogP) is 1.05. The van der Waals surface area contributed by atoms with Gasteiger partial charge in [0.05, 0.1) is 18.1 Å². The van der Waals surface area contributed by atoms with E-state index < -0.39 is 11.0 Å². The highest BCUT2D eigenvalue weighted by Crippen LogP contribution is 2.38. The molecule has 7 heteroatoms. The maximum atomic E-state index is 10.8. The first-order valence-electron chi connectivity index (χ1n) is 5.52. The lowest BCUT2D eigenvalue weighted by molar-refractivity contribution is -0.385. The summed E-state index contributed by atoms with van der Waals surface area (Å²) in [6.07, 6.45) is 1.21. The lowest BCUT2D eigenvalue weighted by atomic mass is 10.0. The van der Waals surface area contributed by atoms with Crippen molar-refractivity contribution in [2.45, 2.75) is 18.9 Å². The third kappa shape index (κ3) is 3.08. The molecule has 1 aromatic carbocycles. The minimum atomic E-state index is -0.554. The van der Waals surface area contributed by atoms with Crippen molar-refractivity contribution in [2.75, 3.05) is 13.7 Å². The first-order chi connectivity index (χ1) is 8.51. The standard InChI is InChI=1S/C11H17N3O4/c1-18-10-6-7(14(16)17)5-8(11(10)15)9(13)3-2-4-12/h5-6,9,15H,2-4,12-13H2,1H3/t9-/m1/s1. The van der Waals surface area contributed by atoms with Crippen LogP contribution in [0.5, 0.6) is 11.5 Å². The van der Waals surface area contributed by atoms with Crippen molar-refractivity contribution >= 4 is 5.69 Å². The number of phenols is 1. The number of aromatic hydroxyl groups is 1. The maximum Gasteiger partial charge on any atom is 0.273 e. The summed E-state index contributed by atoms with van der Waals surface area (Å²) in [5.41, 5.74) is 11.4. The van der Waals surface area contributed by atoms with E-state index in [-0.39, 0.29) is 17.2 Å². The van der Waals surface area contributed by atoms with Gasteiger partial charge in [0.1, 0.15) is 0 Å². The number of nitro groups is 1. The summed E-state index contributed by atoms with van der Waals surface area (Å²) in [6.45, 7) is 0.473. The van der Waals surface area contributed by atoms with E-state index in [9.17, 15) is 15.2 Å². The number of benzene rings is 1. The Morgan fingerprint density at radius 1 is 1.56 bits per heavy atom. The number of hydrogen-bond donors (Lipinski definition) is 3. The monoisotopic (exact) mass is 255 g/mol. The Balaban J connectivity index is 3.15. The number of nitrogens with zero attached hydrogens (tertiary/aromatic N) is 1. The van der Waals surface area contributed by atoms with Gasteiger partial charge in [0.2, 0.25) is 0 Å². The second-order valence-corrected chi connectivity index (χ2v) is 3.88. The third-order valence-corrected chi connectivity index (χ3v) is 2.64. The van der Waals surface area contributed by atoms with Crippen LogP contribution in [-0.2, 0) is 0 Å².